The van der Waals surface area contributed by atoms with E-state index in [2.05, 4.69) is 0 Å². The molecule has 0 saturated carbocycles. The van der Waals surface area contributed by atoms with Crippen LogP contribution in [0.25, 0.3) is 0 Å². The molecule has 0 aliphatic heterocycles. The van der Waals surface area contributed by atoms with Gasteiger partial charge >= 0.3 is 5.97 Å². The minimum atomic E-state index is -0.466. The van der Waals surface area contributed by atoms with Crippen LogP contribution in [0.5, 0.6) is 0 Å². The number of hydrogen-bond acceptors (Lipinski definition) is 2. The highest BCUT2D eigenvalue weighted by Gasteiger charge is 2.13. The summed E-state index contributed by atoms with van der Waals surface area (Å²) < 4.78 is 4.86. The van der Waals surface area contributed by atoms with Gasteiger partial charge in [0.05, 0.1) is 6.61 Å². The molecule has 0 aliphatic carbocycles. The first-order valence-electron chi connectivity index (χ1n) is 4.03. The predicted molar refractivity (Wildman–Crippen MR) is 45.8 cm³/mol. The molecule has 2 nitrogen and oxygen atoms in total. The van der Waals surface area contributed by atoms with Gasteiger partial charge in [0.2, 0.25) is 0 Å². The van der Waals surface area contributed by atoms with Crippen molar-refractivity contribution in [1.29, 1.82) is 0 Å². The van der Waals surface area contributed by atoms with Crippen molar-refractivity contribution in [2.45, 2.75) is 38.5 Å². The minimum absolute atomic E-state index is 0.289. The van der Waals surface area contributed by atoms with E-state index in [1.54, 1.807) is 0 Å². The smallest absolute Gasteiger partial charge is 0.324 e. The van der Waals surface area contributed by atoms with Crippen molar-refractivity contribution >= 4 is 17.6 Å². The molecule has 0 fully saturated rings. The largest absolute Gasteiger partial charge is 0.465 e. The van der Waals surface area contributed by atoms with Crippen LogP contribution in [0, 0.1) is 0 Å². The van der Waals surface area contributed by atoms with Gasteiger partial charge in [0.1, 0.15) is 5.38 Å². The van der Waals surface area contributed by atoms with Gasteiger partial charge in [-0.1, -0.05) is 20.3 Å². The Bertz CT molecular complexity index is 115. The Morgan fingerprint density at radius 2 is 2.18 bits per heavy atom. The van der Waals surface area contributed by atoms with Crippen molar-refractivity contribution in [3.05, 3.63) is 0 Å². The maximum absolute atomic E-state index is 10.9. The molecule has 0 N–H and O–H groups in total. The quantitative estimate of drug-likeness (QED) is 0.367. The lowest BCUT2D eigenvalue weighted by Gasteiger charge is -2.06. The molecule has 0 saturated heterocycles. The molecular weight excluding hydrogens is 164 g/mol. The van der Waals surface area contributed by atoms with Crippen LogP contribution in [0.3, 0.4) is 0 Å². The molecule has 0 aliphatic rings. The summed E-state index contributed by atoms with van der Waals surface area (Å²) in [5.74, 6) is -0.289. The van der Waals surface area contributed by atoms with Crippen LogP contribution in [0.15, 0.2) is 0 Å². The Morgan fingerprint density at radius 3 is 2.64 bits per heavy atom. The van der Waals surface area contributed by atoms with Crippen molar-refractivity contribution in [1.82, 2.24) is 0 Å². The van der Waals surface area contributed by atoms with Crippen LogP contribution in [-0.4, -0.2) is 18.0 Å². The molecule has 0 amide bonds. The van der Waals surface area contributed by atoms with Crippen LogP contribution < -0.4 is 0 Å². The number of hydrogen-bond donors (Lipinski definition) is 0. The zero-order chi connectivity index (χ0) is 8.69. The summed E-state index contributed by atoms with van der Waals surface area (Å²) in [7, 11) is 0. The summed E-state index contributed by atoms with van der Waals surface area (Å²) in [5.41, 5.74) is 0. The number of carbonyl (C=O) groups is 1. The van der Waals surface area contributed by atoms with E-state index in [1.165, 1.54) is 0 Å². The Kier molecular flexibility index (Phi) is 6.33. The number of ether oxygens (including phenoxy) is 1. The minimum Gasteiger partial charge on any atom is -0.465 e. The third-order valence-corrected chi connectivity index (χ3v) is 1.84. The van der Waals surface area contributed by atoms with Crippen molar-refractivity contribution in [3.63, 3.8) is 0 Å². The molecule has 0 heterocycles. The fraction of sp³-hybridized carbons (Fsp3) is 0.875. The lowest BCUT2D eigenvalue weighted by molar-refractivity contribution is -0.143. The van der Waals surface area contributed by atoms with Gasteiger partial charge in [0.15, 0.2) is 0 Å². The van der Waals surface area contributed by atoms with E-state index in [0.29, 0.717) is 13.0 Å². The average Bonchev–Trinajstić information content (AvgIpc) is 2.03. The van der Waals surface area contributed by atoms with E-state index in [1.807, 2.05) is 13.8 Å². The number of halogens is 1. The highest BCUT2D eigenvalue weighted by Crippen LogP contribution is 2.03. The van der Waals surface area contributed by atoms with Gasteiger partial charge in [-0.15, -0.1) is 11.6 Å². The van der Waals surface area contributed by atoms with Gasteiger partial charge in [-0.3, -0.25) is 4.79 Å². The van der Waals surface area contributed by atoms with E-state index in [-0.39, 0.29) is 5.97 Å². The van der Waals surface area contributed by atoms with E-state index in [0.717, 1.165) is 12.8 Å². The summed E-state index contributed by atoms with van der Waals surface area (Å²) in [6.07, 6.45) is 2.58. The molecule has 0 spiro atoms. The summed E-state index contributed by atoms with van der Waals surface area (Å²) in [6.45, 7) is 4.41. The second-order valence-electron chi connectivity index (χ2n) is 2.40. The molecule has 0 radical (unpaired) electrons. The third-order valence-electron chi connectivity index (χ3n) is 1.36. The first-order valence-corrected chi connectivity index (χ1v) is 4.46. The third kappa shape index (κ3) is 5.08. The van der Waals surface area contributed by atoms with E-state index in [9.17, 15) is 4.79 Å². The van der Waals surface area contributed by atoms with Gasteiger partial charge in [-0.25, -0.2) is 0 Å². The molecule has 0 bridgehead atoms. The lowest BCUT2D eigenvalue weighted by atomic mass is 10.3. The number of rotatable bonds is 5. The van der Waals surface area contributed by atoms with Gasteiger partial charge < -0.3 is 4.74 Å². The van der Waals surface area contributed by atoms with Crippen LogP contribution in [-0.2, 0) is 9.53 Å². The number of carbonyl (C=O) groups excluding carboxylic acids is 1. The first kappa shape index (κ1) is 10.8. The second-order valence-corrected chi connectivity index (χ2v) is 2.92. The van der Waals surface area contributed by atoms with E-state index >= 15 is 0 Å². The molecule has 3 heteroatoms. The SMILES string of the molecule is CCCCOC(=O)[C@H](Cl)CC. The lowest BCUT2D eigenvalue weighted by Crippen LogP contribution is -2.17. The zero-order valence-corrected chi connectivity index (χ0v) is 7.86. The monoisotopic (exact) mass is 178 g/mol. The van der Waals surface area contributed by atoms with Crippen LogP contribution in [0.4, 0.5) is 0 Å². The Hall–Kier alpha value is -0.240. The molecule has 0 aromatic carbocycles. The fourth-order valence-electron chi connectivity index (χ4n) is 0.574. The molecule has 66 valence electrons. The molecule has 0 aromatic rings. The van der Waals surface area contributed by atoms with E-state index in [4.69, 9.17) is 16.3 Å². The molecular formula is C8H15ClO2. The standard InChI is InChI=1S/C8H15ClO2/c1-3-5-6-11-8(10)7(9)4-2/h7H,3-6H2,1-2H3/t7-/m1/s1. The molecule has 11 heavy (non-hydrogen) atoms. The Labute approximate surface area is 72.9 Å². The zero-order valence-electron chi connectivity index (χ0n) is 7.10. The average molecular weight is 179 g/mol. The van der Waals surface area contributed by atoms with Crippen LogP contribution in [0.2, 0.25) is 0 Å². The molecule has 0 aromatic heterocycles. The maximum Gasteiger partial charge on any atom is 0.324 e. The normalized spacial score (nSPS) is 12.6. The van der Waals surface area contributed by atoms with Gasteiger partial charge in [-0.05, 0) is 12.8 Å². The fourth-order valence-corrected chi connectivity index (χ4v) is 0.637. The number of unbranched alkanes of at least 4 members (excludes halogenated alkanes) is 1. The molecule has 1 atom stereocenters. The molecule has 0 rings (SSSR count). The highest BCUT2D eigenvalue weighted by molar-refractivity contribution is 6.29. The van der Waals surface area contributed by atoms with E-state index < -0.39 is 5.38 Å². The predicted octanol–water partition coefficient (Wildman–Crippen LogP) is 2.35. The number of alkyl halides is 1. The summed E-state index contributed by atoms with van der Waals surface area (Å²) in [5, 5.41) is -0.466. The van der Waals surface area contributed by atoms with Gasteiger partial charge in [0.25, 0.3) is 0 Å². The summed E-state index contributed by atoms with van der Waals surface area (Å²) in [6, 6.07) is 0. The Morgan fingerprint density at radius 1 is 1.55 bits per heavy atom. The maximum atomic E-state index is 10.9. The van der Waals surface area contributed by atoms with Crippen molar-refractivity contribution in [2.75, 3.05) is 6.61 Å². The second kappa shape index (κ2) is 6.47. The van der Waals surface area contributed by atoms with Crippen LogP contribution >= 0.6 is 11.6 Å². The summed E-state index contributed by atoms with van der Waals surface area (Å²) in [4.78, 5) is 10.9. The van der Waals surface area contributed by atoms with Crippen molar-refractivity contribution in [3.8, 4) is 0 Å². The number of esters is 1. The Balaban J connectivity index is 3.36. The van der Waals surface area contributed by atoms with Crippen molar-refractivity contribution < 1.29 is 9.53 Å². The van der Waals surface area contributed by atoms with Crippen LogP contribution in [0.1, 0.15) is 33.1 Å². The topological polar surface area (TPSA) is 26.3 Å². The van der Waals surface area contributed by atoms with Gasteiger partial charge in [-0.2, -0.15) is 0 Å². The van der Waals surface area contributed by atoms with Gasteiger partial charge in [0, 0.05) is 0 Å². The van der Waals surface area contributed by atoms with Crippen molar-refractivity contribution in [2.24, 2.45) is 0 Å². The summed E-state index contributed by atoms with van der Waals surface area (Å²) >= 11 is 5.62. The highest BCUT2D eigenvalue weighted by atomic mass is 35.5. The first-order chi connectivity index (χ1) is 5.22. The molecule has 0 unspecified atom stereocenters.